The maximum Gasteiger partial charge on any atom is 0.207 e. The van der Waals surface area contributed by atoms with Crippen molar-refractivity contribution < 1.29 is 9.84 Å². The summed E-state index contributed by atoms with van der Waals surface area (Å²) in [6.07, 6.45) is 0.507. The molecule has 4 heteroatoms. The van der Waals surface area contributed by atoms with Gasteiger partial charge in [-0.3, -0.25) is 4.90 Å². The van der Waals surface area contributed by atoms with Crippen molar-refractivity contribution in [3.63, 3.8) is 0 Å². The van der Waals surface area contributed by atoms with E-state index in [-0.39, 0.29) is 0 Å². The van der Waals surface area contributed by atoms with Crippen molar-refractivity contribution in [1.82, 2.24) is 4.90 Å². The highest BCUT2D eigenvalue weighted by Crippen LogP contribution is 2.22. The van der Waals surface area contributed by atoms with Crippen LogP contribution in [0.5, 0.6) is 0 Å². The first-order chi connectivity index (χ1) is 4.57. The van der Waals surface area contributed by atoms with Crippen LogP contribution in [0, 0.1) is 0 Å². The lowest BCUT2D eigenvalue weighted by Crippen LogP contribution is -2.49. The van der Waals surface area contributed by atoms with Gasteiger partial charge in [-0.1, -0.05) is 0 Å². The smallest absolute Gasteiger partial charge is 0.207 e. The zero-order valence-corrected chi connectivity index (χ0v) is 6.40. The quantitative estimate of drug-likeness (QED) is 0.546. The van der Waals surface area contributed by atoms with Gasteiger partial charge in [0.15, 0.2) is 6.40 Å². The molecule has 0 saturated heterocycles. The minimum atomic E-state index is -0.775. The first-order valence-corrected chi connectivity index (χ1v) is 3.12. The van der Waals surface area contributed by atoms with Gasteiger partial charge in [0.25, 0.3) is 0 Å². The summed E-state index contributed by atoms with van der Waals surface area (Å²) < 4.78 is 5.10. The van der Waals surface area contributed by atoms with Gasteiger partial charge in [0, 0.05) is 0 Å². The molecule has 0 fully saturated rings. The fourth-order valence-corrected chi connectivity index (χ4v) is 0.730. The molecule has 0 aliphatic carbocycles. The summed E-state index contributed by atoms with van der Waals surface area (Å²) in [7, 11) is 3.66. The third-order valence-electron chi connectivity index (χ3n) is 1.86. The normalized spacial score (nSPS) is 38.7. The van der Waals surface area contributed by atoms with Crippen LogP contribution < -0.4 is 0 Å². The second-order valence-corrected chi connectivity index (χ2v) is 2.70. The van der Waals surface area contributed by atoms with Crippen molar-refractivity contribution >= 4 is 6.40 Å². The number of nitrogens with zero attached hydrogens (tertiary/aromatic N) is 2. The van der Waals surface area contributed by atoms with E-state index >= 15 is 0 Å². The second kappa shape index (κ2) is 2.21. The molecule has 0 aromatic carbocycles. The summed E-state index contributed by atoms with van der Waals surface area (Å²) in [5.74, 6) is 0. The van der Waals surface area contributed by atoms with Crippen LogP contribution >= 0.6 is 0 Å². The van der Waals surface area contributed by atoms with Crippen LogP contribution in [0.3, 0.4) is 0 Å². The lowest BCUT2D eigenvalue weighted by molar-refractivity contribution is -0.110. The maximum atomic E-state index is 9.25. The minimum Gasteiger partial charge on any atom is -0.458 e. The van der Waals surface area contributed by atoms with Crippen molar-refractivity contribution in [2.75, 3.05) is 14.1 Å². The summed E-state index contributed by atoms with van der Waals surface area (Å²) in [6.45, 7) is 1.78. The highest BCUT2D eigenvalue weighted by atomic mass is 16.5. The maximum absolute atomic E-state index is 9.25. The summed E-state index contributed by atoms with van der Waals surface area (Å²) >= 11 is 0. The molecule has 58 valence electrons. The van der Waals surface area contributed by atoms with E-state index in [9.17, 15) is 5.11 Å². The lowest BCUT2D eigenvalue weighted by atomic mass is 10.2. The van der Waals surface area contributed by atoms with Crippen LogP contribution in [0.15, 0.2) is 4.99 Å². The first-order valence-electron chi connectivity index (χ1n) is 3.12. The summed E-state index contributed by atoms with van der Waals surface area (Å²) in [4.78, 5) is 5.46. The fourth-order valence-electron chi connectivity index (χ4n) is 0.730. The fraction of sp³-hybridized carbons (Fsp3) is 0.833. The first kappa shape index (κ1) is 7.50. The van der Waals surface area contributed by atoms with Crippen molar-refractivity contribution in [3.8, 4) is 0 Å². The van der Waals surface area contributed by atoms with E-state index < -0.39 is 12.0 Å². The van der Waals surface area contributed by atoms with Crippen molar-refractivity contribution in [2.24, 2.45) is 4.99 Å². The Hall–Kier alpha value is -0.610. The number of rotatable bonds is 1. The van der Waals surface area contributed by atoms with Crippen LogP contribution in [0.4, 0.5) is 0 Å². The zero-order chi connectivity index (χ0) is 7.78. The third kappa shape index (κ3) is 0.892. The lowest BCUT2D eigenvalue weighted by Gasteiger charge is -2.32. The molecular weight excluding hydrogens is 132 g/mol. The number of aliphatic imine (C=N–C) groups is 1. The highest BCUT2D eigenvalue weighted by Gasteiger charge is 2.40. The number of likely N-dealkylation sites (N-methyl/N-ethyl adjacent to an activating group) is 1. The van der Waals surface area contributed by atoms with E-state index in [0.29, 0.717) is 0 Å². The molecule has 4 nitrogen and oxygen atoms in total. The molecule has 0 aromatic rings. The van der Waals surface area contributed by atoms with Gasteiger partial charge in [0.05, 0.1) is 0 Å². The largest absolute Gasteiger partial charge is 0.458 e. The molecule has 1 aliphatic rings. The molecular formula is C6H12N2O2. The van der Waals surface area contributed by atoms with Gasteiger partial charge in [0.2, 0.25) is 12.0 Å². The van der Waals surface area contributed by atoms with Crippen LogP contribution in [-0.2, 0) is 4.74 Å². The number of hydrogen-bond acceptors (Lipinski definition) is 4. The topological polar surface area (TPSA) is 45.1 Å². The van der Waals surface area contributed by atoms with E-state index in [1.54, 1.807) is 11.8 Å². The monoisotopic (exact) mass is 144 g/mol. The van der Waals surface area contributed by atoms with E-state index in [4.69, 9.17) is 4.74 Å². The Morgan fingerprint density at radius 1 is 1.70 bits per heavy atom. The molecule has 0 spiro atoms. The third-order valence-corrected chi connectivity index (χ3v) is 1.86. The van der Waals surface area contributed by atoms with Crippen LogP contribution in [0.25, 0.3) is 0 Å². The molecule has 0 saturated carbocycles. The molecule has 0 bridgehead atoms. The number of aliphatic hydroxyl groups is 1. The highest BCUT2D eigenvalue weighted by molar-refractivity contribution is 5.50. The standard InChI is InChI=1S/C6H12N2O2/c1-6(8(2)3)5(9)7-4-10-6/h4-5,9H,1-3H3. The average Bonchev–Trinajstić information content (AvgIpc) is 2.15. The van der Waals surface area contributed by atoms with Gasteiger partial charge < -0.3 is 9.84 Å². The Balaban J connectivity index is 2.71. The molecule has 1 aliphatic heterocycles. The van der Waals surface area contributed by atoms with Crippen molar-refractivity contribution in [3.05, 3.63) is 0 Å². The van der Waals surface area contributed by atoms with Crippen LogP contribution in [-0.4, -0.2) is 42.5 Å². The SMILES string of the molecule is CN(C)C1(C)OC=NC1O. The predicted octanol–water partition coefficient (Wildman–Crippen LogP) is -0.359. The summed E-state index contributed by atoms with van der Waals surface area (Å²) in [6, 6.07) is 0. The summed E-state index contributed by atoms with van der Waals surface area (Å²) in [5, 5.41) is 9.25. The molecule has 1 rings (SSSR count). The van der Waals surface area contributed by atoms with Gasteiger partial charge in [-0.05, 0) is 21.0 Å². The molecule has 10 heavy (non-hydrogen) atoms. The van der Waals surface area contributed by atoms with Gasteiger partial charge in [-0.25, -0.2) is 4.99 Å². The Bertz CT molecular complexity index is 158. The molecule has 0 radical (unpaired) electrons. The van der Waals surface area contributed by atoms with E-state index in [0.717, 1.165) is 0 Å². The van der Waals surface area contributed by atoms with Gasteiger partial charge in [0.1, 0.15) is 0 Å². The average molecular weight is 144 g/mol. The number of aliphatic hydroxyl groups excluding tert-OH is 1. The predicted molar refractivity (Wildman–Crippen MR) is 37.7 cm³/mol. The Kier molecular flexibility index (Phi) is 1.66. The number of hydrogen-bond donors (Lipinski definition) is 1. The zero-order valence-electron chi connectivity index (χ0n) is 6.40. The molecule has 2 unspecified atom stereocenters. The van der Waals surface area contributed by atoms with Gasteiger partial charge in [-0.15, -0.1) is 0 Å². The van der Waals surface area contributed by atoms with E-state index in [1.807, 2.05) is 14.1 Å². The Labute approximate surface area is 60.1 Å². The summed E-state index contributed by atoms with van der Waals surface area (Å²) in [5.41, 5.74) is -0.681. The van der Waals surface area contributed by atoms with Crippen LogP contribution in [0.1, 0.15) is 6.92 Å². The van der Waals surface area contributed by atoms with E-state index in [2.05, 4.69) is 4.99 Å². The van der Waals surface area contributed by atoms with Crippen LogP contribution in [0.2, 0.25) is 0 Å². The van der Waals surface area contributed by atoms with Gasteiger partial charge >= 0.3 is 0 Å². The second-order valence-electron chi connectivity index (χ2n) is 2.70. The Morgan fingerprint density at radius 2 is 2.30 bits per heavy atom. The minimum absolute atomic E-state index is 0.681. The molecule has 2 atom stereocenters. The van der Waals surface area contributed by atoms with Crippen molar-refractivity contribution in [1.29, 1.82) is 0 Å². The van der Waals surface area contributed by atoms with E-state index in [1.165, 1.54) is 6.40 Å². The molecule has 0 amide bonds. The van der Waals surface area contributed by atoms with Crippen molar-refractivity contribution in [2.45, 2.75) is 18.9 Å². The molecule has 1 heterocycles. The molecule has 0 aromatic heterocycles. The van der Waals surface area contributed by atoms with Gasteiger partial charge in [-0.2, -0.15) is 0 Å². The Morgan fingerprint density at radius 3 is 2.50 bits per heavy atom. The molecule has 1 N–H and O–H groups in total. The number of ether oxygens (including phenoxy) is 1.